The SMILES string of the molecule is CCc1[c-]c(C)ncc1.[Y]. The average Bonchev–Trinajstić information content (AvgIpc) is 1.88. The van der Waals surface area contributed by atoms with Crippen LogP contribution in [0.4, 0.5) is 0 Å². The van der Waals surface area contributed by atoms with Crippen molar-refractivity contribution in [1.82, 2.24) is 4.98 Å². The molecular weight excluding hydrogens is 199 g/mol. The van der Waals surface area contributed by atoms with Crippen molar-refractivity contribution in [1.29, 1.82) is 0 Å². The summed E-state index contributed by atoms with van der Waals surface area (Å²) in [6.07, 6.45) is 2.87. The van der Waals surface area contributed by atoms with Gasteiger partial charge in [0, 0.05) is 32.7 Å². The summed E-state index contributed by atoms with van der Waals surface area (Å²) in [4.78, 5) is 4.03. The van der Waals surface area contributed by atoms with Crippen molar-refractivity contribution < 1.29 is 32.7 Å². The molecule has 10 heavy (non-hydrogen) atoms. The van der Waals surface area contributed by atoms with Crippen molar-refractivity contribution in [2.24, 2.45) is 0 Å². The first-order valence-electron chi connectivity index (χ1n) is 3.16. The molecule has 1 rings (SSSR count). The van der Waals surface area contributed by atoms with E-state index in [0.29, 0.717) is 0 Å². The summed E-state index contributed by atoms with van der Waals surface area (Å²) in [6.45, 7) is 4.07. The molecule has 0 fully saturated rings. The van der Waals surface area contributed by atoms with Crippen molar-refractivity contribution in [2.75, 3.05) is 0 Å². The first-order valence-corrected chi connectivity index (χ1v) is 3.16. The fourth-order valence-corrected chi connectivity index (χ4v) is 0.752. The topological polar surface area (TPSA) is 12.9 Å². The van der Waals surface area contributed by atoms with Crippen LogP contribution in [0.15, 0.2) is 12.3 Å². The van der Waals surface area contributed by atoms with E-state index in [1.54, 1.807) is 0 Å². The summed E-state index contributed by atoms with van der Waals surface area (Å²) in [5, 5.41) is 0. The third-order valence-electron chi connectivity index (χ3n) is 1.27. The fraction of sp³-hybridized carbons (Fsp3) is 0.375. The quantitative estimate of drug-likeness (QED) is 0.642. The number of nitrogens with zero attached hydrogens (tertiary/aromatic N) is 1. The van der Waals surface area contributed by atoms with Gasteiger partial charge in [-0.3, -0.25) is 0 Å². The molecule has 0 saturated heterocycles. The normalized spacial score (nSPS) is 8.60. The van der Waals surface area contributed by atoms with E-state index in [9.17, 15) is 0 Å². The van der Waals surface area contributed by atoms with Crippen molar-refractivity contribution in [2.45, 2.75) is 20.3 Å². The van der Waals surface area contributed by atoms with Gasteiger partial charge in [-0.1, -0.05) is 25.2 Å². The molecule has 1 radical (unpaired) electrons. The van der Waals surface area contributed by atoms with E-state index in [0.717, 1.165) is 12.1 Å². The van der Waals surface area contributed by atoms with Crippen molar-refractivity contribution in [3.63, 3.8) is 0 Å². The molecule has 0 aliphatic carbocycles. The Morgan fingerprint density at radius 2 is 2.30 bits per heavy atom. The fourth-order valence-electron chi connectivity index (χ4n) is 0.752. The van der Waals surface area contributed by atoms with Crippen molar-refractivity contribution in [3.05, 3.63) is 29.6 Å². The second-order valence-electron chi connectivity index (χ2n) is 2.03. The molecule has 0 aliphatic rings. The minimum absolute atomic E-state index is 0. The minimum Gasteiger partial charge on any atom is -0.301 e. The van der Waals surface area contributed by atoms with Gasteiger partial charge in [0.2, 0.25) is 0 Å². The van der Waals surface area contributed by atoms with E-state index in [1.165, 1.54) is 5.56 Å². The second kappa shape index (κ2) is 4.98. The Bertz CT molecular complexity index is 198. The van der Waals surface area contributed by atoms with Gasteiger partial charge in [-0.15, -0.1) is 0 Å². The van der Waals surface area contributed by atoms with Crippen LogP contribution in [0, 0.1) is 13.0 Å². The third kappa shape index (κ3) is 2.89. The van der Waals surface area contributed by atoms with E-state index < -0.39 is 0 Å². The minimum atomic E-state index is 0. The molecule has 0 aromatic carbocycles. The van der Waals surface area contributed by atoms with E-state index in [1.807, 2.05) is 19.2 Å². The summed E-state index contributed by atoms with van der Waals surface area (Å²) in [7, 11) is 0. The summed E-state index contributed by atoms with van der Waals surface area (Å²) < 4.78 is 0. The first kappa shape index (κ1) is 10.3. The Balaban J connectivity index is 0.000000810. The third-order valence-corrected chi connectivity index (χ3v) is 1.27. The molecule has 0 atom stereocenters. The zero-order valence-electron chi connectivity index (χ0n) is 6.39. The van der Waals surface area contributed by atoms with E-state index in [4.69, 9.17) is 0 Å². The Morgan fingerprint density at radius 3 is 2.70 bits per heavy atom. The zero-order valence-corrected chi connectivity index (χ0v) is 9.22. The molecule has 0 N–H and O–H groups in total. The number of pyridine rings is 1. The van der Waals surface area contributed by atoms with Gasteiger partial charge in [0.1, 0.15) is 0 Å². The molecule has 2 heteroatoms. The number of hydrogen-bond acceptors (Lipinski definition) is 1. The van der Waals surface area contributed by atoms with Crippen molar-refractivity contribution in [3.8, 4) is 0 Å². The maximum Gasteiger partial charge on any atom is 0 e. The Kier molecular flexibility index (Phi) is 5.10. The van der Waals surface area contributed by atoms with Gasteiger partial charge in [-0.05, 0) is 6.92 Å². The van der Waals surface area contributed by atoms with Crippen LogP contribution in [-0.4, -0.2) is 4.98 Å². The monoisotopic (exact) mass is 209 g/mol. The van der Waals surface area contributed by atoms with Crippen LogP contribution in [0.25, 0.3) is 0 Å². The molecule has 0 saturated carbocycles. The van der Waals surface area contributed by atoms with Gasteiger partial charge in [-0.2, -0.15) is 6.07 Å². The number of aromatic nitrogens is 1. The first-order chi connectivity index (χ1) is 4.33. The van der Waals surface area contributed by atoms with Crippen molar-refractivity contribution >= 4 is 0 Å². The zero-order chi connectivity index (χ0) is 6.69. The van der Waals surface area contributed by atoms with E-state index in [2.05, 4.69) is 18.0 Å². The molecule has 51 valence electrons. The molecule has 1 nitrogen and oxygen atoms in total. The van der Waals surface area contributed by atoms with Crippen LogP contribution >= 0.6 is 0 Å². The smallest absolute Gasteiger partial charge is 0 e. The summed E-state index contributed by atoms with van der Waals surface area (Å²) in [5.41, 5.74) is 2.22. The predicted octanol–water partition coefficient (Wildman–Crippen LogP) is 1.75. The molecule has 0 spiro atoms. The van der Waals surface area contributed by atoms with Gasteiger partial charge >= 0.3 is 0 Å². The Hall–Kier alpha value is 0.254. The van der Waals surface area contributed by atoms with Gasteiger partial charge in [-0.25, -0.2) is 11.6 Å². The van der Waals surface area contributed by atoms with Crippen LogP contribution in [0.5, 0.6) is 0 Å². The number of rotatable bonds is 1. The number of hydrogen-bond donors (Lipinski definition) is 0. The molecule has 1 aromatic rings. The predicted molar refractivity (Wildman–Crippen MR) is 37.2 cm³/mol. The van der Waals surface area contributed by atoms with Crippen LogP contribution in [0.2, 0.25) is 0 Å². The summed E-state index contributed by atoms with van der Waals surface area (Å²) in [5.74, 6) is 0. The van der Waals surface area contributed by atoms with Crippen LogP contribution in [0.3, 0.4) is 0 Å². The molecular formula is C8H10NY-. The molecule has 1 heterocycles. The maximum absolute atomic E-state index is 4.03. The average molecular weight is 209 g/mol. The molecule has 0 aliphatic heterocycles. The van der Waals surface area contributed by atoms with Crippen LogP contribution < -0.4 is 0 Å². The van der Waals surface area contributed by atoms with Crippen LogP contribution in [-0.2, 0) is 39.1 Å². The number of aryl methyl sites for hydroxylation is 2. The summed E-state index contributed by atoms with van der Waals surface area (Å²) in [6, 6.07) is 5.14. The van der Waals surface area contributed by atoms with Crippen LogP contribution in [0.1, 0.15) is 18.2 Å². The second-order valence-corrected chi connectivity index (χ2v) is 2.03. The molecule has 0 bridgehead atoms. The molecule has 0 amide bonds. The van der Waals surface area contributed by atoms with E-state index in [-0.39, 0.29) is 32.7 Å². The molecule has 0 unspecified atom stereocenters. The van der Waals surface area contributed by atoms with Gasteiger partial charge in [0.25, 0.3) is 0 Å². The standard InChI is InChI=1S/C8H10N.Y/c1-3-8-4-5-9-7(2)6-8;/h4-5H,3H2,1-2H3;/q-1;. The van der Waals surface area contributed by atoms with Gasteiger partial charge < -0.3 is 4.98 Å². The maximum atomic E-state index is 4.03. The summed E-state index contributed by atoms with van der Waals surface area (Å²) >= 11 is 0. The van der Waals surface area contributed by atoms with E-state index >= 15 is 0 Å². The Morgan fingerprint density at radius 1 is 1.60 bits per heavy atom. The van der Waals surface area contributed by atoms with Gasteiger partial charge in [0.05, 0.1) is 0 Å². The molecule has 1 aromatic heterocycles. The largest absolute Gasteiger partial charge is 0.301 e. The Labute approximate surface area is 87.1 Å². The van der Waals surface area contributed by atoms with Gasteiger partial charge in [0.15, 0.2) is 0 Å².